The van der Waals surface area contributed by atoms with E-state index in [0.717, 1.165) is 0 Å². The Morgan fingerprint density at radius 2 is 0.412 bits per heavy atom. The molecule has 0 fully saturated rings. The van der Waals surface area contributed by atoms with Gasteiger partial charge in [0.1, 0.15) is 0 Å². The Kier molecular flexibility index (Phi) is 42.5. The van der Waals surface area contributed by atoms with Gasteiger partial charge < -0.3 is 0 Å². The van der Waals surface area contributed by atoms with Gasteiger partial charge in [-0.15, -0.1) is 26.3 Å². The predicted octanol–water partition coefficient (Wildman–Crippen LogP) is 6.41. The largest absolute Gasteiger partial charge is 0.100 e. The molecule has 0 unspecified atom stereocenters. The molecule has 17 heavy (non-hydrogen) atoms. The molecule has 0 saturated heterocycles. The molecule has 4 radical (unpaired) electrons. The Hall–Kier alpha value is -1.04. The minimum Gasteiger partial charge on any atom is -0.100 e. The van der Waals surface area contributed by atoms with Crippen LogP contribution in [0.5, 0.6) is 0 Å². The summed E-state index contributed by atoms with van der Waals surface area (Å²) in [7, 11) is 0. The smallest absolute Gasteiger partial charge is 0 e. The quantitative estimate of drug-likeness (QED) is 0.426. The van der Waals surface area contributed by atoms with Crippen LogP contribution in [-0.4, -0.2) is 0 Å². The summed E-state index contributed by atoms with van der Waals surface area (Å²) in [6.45, 7) is 30.0. The molecule has 100 valence electrons. The van der Waals surface area contributed by atoms with E-state index < -0.39 is 0 Å². The van der Waals surface area contributed by atoms with E-state index >= 15 is 0 Å². The van der Waals surface area contributed by atoms with Crippen LogP contribution in [-0.2, 0) is 0 Å². The number of allylic oxidation sites excluding steroid dienone is 4. The first kappa shape index (κ1) is 29.7. The highest BCUT2D eigenvalue weighted by atomic mass is 13.6. The standard InChI is InChI=1S/4C4H8.C/c4*1-4(2)3;/h4*1H2,2-3H3;. The van der Waals surface area contributed by atoms with Crippen LogP contribution in [0.1, 0.15) is 55.4 Å². The van der Waals surface area contributed by atoms with Crippen LogP contribution in [0.2, 0.25) is 0 Å². The fourth-order valence-electron chi connectivity index (χ4n) is 0. The molecule has 0 bridgehead atoms. The van der Waals surface area contributed by atoms with Gasteiger partial charge in [0, 0.05) is 7.43 Å². The lowest BCUT2D eigenvalue weighted by Gasteiger charge is -1.65. The van der Waals surface area contributed by atoms with Gasteiger partial charge in [-0.1, -0.05) is 22.3 Å². The summed E-state index contributed by atoms with van der Waals surface area (Å²) in [6.07, 6.45) is 0. The monoisotopic (exact) mass is 236 g/mol. The molecule has 0 aliphatic heterocycles. The molecule has 0 spiro atoms. The van der Waals surface area contributed by atoms with Crippen LogP contribution in [0, 0.1) is 7.43 Å². The molecule has 0 saturated carbocycles. The van der Waals surface area contributed by atoms with Crippen molar-refractivity contribution in [1.29, 1.82) is 0 Å². The van der Waals surface area contributed by atoms with E-state index in [9.17, 15) is 0 Å². The van der Waals surface area contributed by atoms with Gasteiger partial charge in [0.2, 0.25) is 0 Å². The van der Waals surface area contributed by atoms with E-state index in [1.165, 1.54) is 22.3 Å². The van der Waals surface area contributed by atoms with Gasteiger partial charge in [-0.3, -0.25) is 0 Å². The summed E-state index contributed by atoms with van der Waals surface area (Å²) in [4.78, 5) is 0. The third kappa shape index (κ3) is 2320. The zero-order valence-corrected chi connectivity index (χ0v) is 13.3. The second kappa shape index (κ2) is 24.3. The fourth-order valence-corrected chi connectivity index (χ4v) is 0. The van der Waals surface area contributed by atoms with Crippen LogP contribution in [0.25, 0.3) is 0 Å². The summed E-state index contributed by atoms with van der Waals surface area (Å²) in [5, 5.41) is 0. The zero-order chi connectivity index (χ0) is 14.3. The van der Waals surface area contributed by atoms with Crippen LogP contribution in [0.4, 0.5) is 0 Å². The molecule has 0 aromatic heterocycles. The van der Waals surface area contributed by atoms with Crippen LogP contribution < -0.4 is 0 Å². The van der Waals surface area contributed by atoms with Crippen molar-refractivity contribution >= 4 is 0 Å². The van der Waals surface area contributed by atoms with Crippen LogP contribution >= 0.6 is 0 Å². The molecule has 0 N–H and O–H groups in total. The Morgan fingerprint density at radius 3 is 0.412 bits per heavy atom. The lowest BCUT2D eigenvalue weighted by molar-refractivity contribution is 1.42. The summed E-state index contributed by atoms with van der Waals surface area (Å²) in [5.74, 6) is 0. The van der Waals surface area contributed by atoms with E-state index in [0.29, 0.717) is 0 Å². The topological polar surface area (TPSA) is 0 Å². The predicted molar refractivity (Wildman–Crippen MR) is 85.2 cm³/mol. The highest BCUT2D eigenvalue weighted by molar-refractivity contribution is 4.79. The van der Waals surface area contributed by atoms with Gasteiger partial charge in [0.15, 0.2) is 0 Å². The molecule has 0 heteroatoms. The molecule has 0 amide bonds. The molecular formula is C17H32. The third-order valence-electron chi connectivity index (χ3n) is 0. The number of rotatable bonds is 0. The summed E-state index contributed by atoms with van der Waals surface area (Å²) in [6, 6.07) is 0. The Labute approximate surface area is 112 Å². The molecule has 0 aromatic rings. The van der Waals surface area contributed by atoms with E-state index in [4.69, 9.17) is 0 Å². The van der Waals surface area contributed by atoms with E-state index in [-0.39, 0.29) is 7.43 Å². The minimum absolute atomic E-state index is 0. The molecule has 0 aliphatic rings. The normalized spacial score (nSPS) is 6.12. The molecule has 0 nitrogen and oxygen atoms in total. The first-order valence-corrected chi connectivity index (χ1v) is 5.41. The van der Waals surface area contributed by atoms with Crippen molar-refractivity contribution in [1.82, 2.24) is 0 Å². The highest BCUT2D eigenvalue weighted by Crippen LogP contribution is 1.74. The van der Waals surface area contributed by atoms with Gasteiger partial charge >= 0.3 is 0 Å². The maximum absolute atomic E-state index is 3.56. The summed E-state index contributed by atoms with van der Waals surface area (Å²) < 4.78 is 0. The molecule has 0 aromatic carbocycles. The first-order valence-electron chi connectivity index (χ1n) is 5.41. The van der Waals surface area contributed by atoms with E-state index in [2.05, 4.69) is 26.3 Å². The van der Waals surface area contributed by atoms with Crippen molar-refractivity contribution in [2.75, 3.05) is 0 Å². The minimum atomic E-state index is 0. The lowest BCUT2D eigenvalue weighted by Crippen LogP contribution is -1.43. The van der Waals surface area contributed by atoms with Gasteiger partial charge in [0.25, 0.3) is 0 Å². The van der Waals surface area contributed by atoms with Crippen molar-refractivity contribution in [3.8, 4) is 0 Å². The Morgan fingerprint density at radius 1 is 0.412 bits per heavy atom. The molecule has 0 rings (SSSR count). The average Bonchev–Trinajstić information content (AvgIpc) is 1.76. The number of hydrogen-bond donors (Lipinski definition) is 0. The Bertz CT molecular complexity index is 140. The van der Waals surface area contributed by atoms with Crippen molar-refractivity contribution in [3.63, 3.8) is 0 Å². The number of hydrogen-bond acceptors (Lipinski definition) is 0. The van der Waals surface area contributed by atoms with E-state index in [1.807, 2.05) is 55.4 Å². The summed E-state index contributed by atoms with van der Waals surface area (Å²) >= 11 is 0. The van der Waals surface area contributed by atoms with Crippen molar-refractivity contribution in [2.24, 2.45) is 0 Å². The fraction of sp³-hybridized carbons (Fsp3) is 0.471. The Balaban J connectivity index is -0.0000000369. The highest BCUT2D eigenvalue weighted by Gasteiger charge is 1.52. The maximum atomic E-state index is 3.56. The van der Waals surface area contributed by atoms with Crippen molar-refractivity contribution < 1.29 is 0 Å². The SMILES string of the molecule is C=C(C)C.C=C(C)C.C=C(C)C.C=C(C)C.[C]. The molecule has 0 aliphatic carbocycles. The molecular weight excluding hydrogens is 204 g/mol. The van der Waals surface area contributed by atoms with Gasteiger partial charge in [-0.2, -0.15) is 0 Å². The second-order valence-electron chi connectivity index (χ2n) is 4.83. The van der Waals surface area contributed by atoms with Gasteiger partial charge in [0.05, 0.1) is 0 Å². The first-order chi connectivity index (χ1) is 6.93. The molecule has 0 atom stereocenters. The lowest BCUT2D eigenvalue weighted by atomic mass is 10.4. The zero-order valence-electron chi connectivity index (χ0n) is 13.3. The maximum Gasteiger partial charge on any atom is 0 e. The van der Waals surface area contributed by atoms with Crippen LogP contribution in [0.15, 0.2) is 48.6 Å². The average molecular weight is 236 g/mol. The van der Waals surface area contributed by atoms with Crippen LogP contribution in [0.3, 0.4) is 0 Å². The molecule has 0 heterocycles. The third-order valence-corrected chi connectivity index (χ3v) is 0. The van der Waals surface area contributed by atoms with Gasteiger partial charge in [-0.25, -0.2) is 0 Å². The van der Waals surface area contributed by atoms with Gasteiger partial charge in [-0.05, 0) is 55.4 Å². The van der Waals surface area contributed by atoms with Crippen molar-refractivity contribution in [3.05, 3.63) is 56.0 Å². The van der Waals surface area contributed by atoms with Crippen molar-refractivity contribution in [2.45, 2.75) is 55.4 Å². The van der Waals surface area contributed by atoms with E-state index in [1.54, 1.807) is 0 Å². The summed E-state index contributed by atoms with van der Waals surface area (Å²) in [5.41, 5.74) is 4.67. The second-order valence-corrected chi connectivity index (χ2v) is 4.83.